The molecule has 4 rings (SSSR count). The molecule has 3 N–H and O–H groups in total. The van der Waals surface area contributed by atoms with Crippen molar-refractivity contribution in [1.82, 2.24) is 25.4 Å². The number of hydrogen-bond donors (Lipinski definition) is 3. The Kier molecular flexibility index (Phi) is 7.74. The number of likely N-dealkylation sites (tertiary alicyclic amines) is 2. The fourth-order valence-corrected chi connectivity index (χ4v) is 5.57. The SMILES string of the molecule is CCc1cccc2c(CCNC(=NC)NCC3(N4CCCCC4)CCN(C)CC3)c[nH]c12. The van der Waals surface area contributed by atoms with Gasteiger partial charge in [0.2, 0.25) is 0 Å². The van der Waals surface area contributed by atoms with Gasteiger partial charge in [0.15, 0.2) is 5.96 Å². The maximum absolute atomic E-state index is 4.53. The van der Waals surface area contributed by atoms with E-state index in [1.54, 1.807) is 0 Å². The van der Waals surface area contributed by atoms with Crippen LogP contribution >= 0.6 is 0 Å². The minimum absolute atomic E-state index is 0.262. The van der Waals surface area contributed by atoms with Crippen molar-refractivity contribution in [2.45, 2.75) is 57.4 Å². The maximum Gasteiger partial charge on any atom is 0.191 e. The van der Waals surface area contributed by atoms with Crippen LogP contribution in [0.4, 0.5) is 0 Å². The number of aromatic nitrogens is 1. The molecule has 0 spiro atoms. The molecule has 0 saturated carbocycles. The Labute approximate surface area is 193 Å². The summed E-state index contributed by atoms with van der Waals surface area (Å²) in [5, 5.41) is 8.62. The summed E-state index contributed by atoms with van der Waals surface area (Å²) in [6.45, 7) is 8.94. The number of guanidine groups is 1. The third-order valence-electron chi connectivity index (χ3n) is 7.71. The molecule has 6 nitrogen and oxygen atoms in total. The molecule has 2 saturated heterocycles. The van der Waals surface area contributed by atoms with Crippen LogP contribution in [0.2, 0.25) is 0 Å². The van der Waals surface area contributed by atoms with E-state index >= 15 is 0 Å². The van der Waals surface area contributed by atoms with Crippen molar-refractivity contribution in [2.75, 3.05) is 53.4 Å². The zero-order valence-corrected chi connectivity index (χ0v) is 20.3. The van der Waals surface area contributed by atoms with Crippen molar-refractivity contribution >= 4 is 16.9 Å². The van der Waals surface area contributed by atoms with Crippen molar-refractivity contribution in [3.8, 4) is 0 Å². The maximum atomic E-state index is 4.53. The van der Waals surface area contributed by atoms with Crippen LogP contribution < -0.4 is 10.6 Å². The van der Waals surface area contributed by atoms with Gasteiger partial charge >= 0.3 is 0 Å². The van der Waals surface area contributed by atoms with Crippen LogP contribution in [0.15, 0.2) is 29.4 Å². The van der Waals surface area contributed by atoms with Crippen LogP contribution in [0.25, 0.3) is 10.9 Å². The molecular formula is C26H42N6. The Morgan fingerprint density at radius 2 is 1.84 bits per heavy atom. The van der Waals surface area contributed by atoms with E-state index in [1.807, 2.05) is 7.05 Å². The number of fused-ring (bicyclic) bond motifs is 1. The number of aliphatic imine (C=N–C) groups is 1. The molecule has 0 unspecified atom stereocenters. The van der Waals surface area contributed by atoms with Gasteiger partial charge < -0.3 is 20.5 Å². The summed E-state index contributed by atoms with van der Waals surface area (Å²) in [6.07, 6.45) is 10.8. The lowest BCUT2D eigenvalue weighted by atomic mass is 9.84. The van der Waals surface area contributed by atoms with Gasteiger partial charge in [0.05, 0.1) is 0 Å². The van der Waals surface area contributed by atoms with E-state index in [-0.39, 0.29) is 5.54 Å². The number of piperidine rings is 2. The van der Waals surface area contributed by atoms with Crippen molar-refractivity contribution in [3.63, 3.8) is 0 Å². The second-order valence-corrected chi connectivity index (χ2v) is 9.69. The minimum Gasteiger partial charge on any atom is -0.361 e. The number of benzene rings is 1. The van der Waals surface area contributed by atoms with Crippen LogP contribution in [0.5, 0.6) is 0 Å². The Balaban J connectivity index is 1.34. The molecule has 32 heavy (non-hydrogen) atoms. The standard InChI is InChI=1S/C26H42N6/c1-4-21-9-8-10-23-22(19-29-24(21)23)11-14-28-25(27-2)30-20-26(12-17-31(3)18-13-26)32-15-6-5-7-16-32/h8-10,19,29H,4-7,11-18,20H2,1-3H3,(H2,27,28,30). The van der Waals surface area contributed by atoms with E-state index in [9.17, 15) is 0 Å². The van der Waals surface area contributed by atoms with E-state index in [0.29, 0.717) is 0 Å². The highest BCUT2D eigenvalue weighted by molar-refractivity contribution is 5.86. The van der Waals surface area contributed by atoms with E-state index in [4.69, 9.17) is 0 Å². The van der Waals surface area contributed by atoms with Crippen molar-refractivity contribution < 1.29 is 0 Å². The lowest BCUT2D eigenvalue weighted by molar-refractivity contribution is 0.0173. The monoisotopic (exact) mass is 438 g/mol. The molecule has 176 valence electrons. The quantitative estimate of drug-likeness (QED) is 0.458. The van der Waals surface area contributed by atoms with E-state index in [2.05, 4.69) is 68.8 Å². The third-order valence-corrected chi connectivity index (χ3v) is 7.71. The average molecular weight is 439 g/mol. The third kappa shape index (κ3) is 5.12. The summed E-state index contributed by atoms with van der Waals surface area (Å²) in [7, 11) is 4.14. The smallest absolute Gasteiger partial charge is 0.191 e. The largest absolute Gasteiger partial charge is 0.361 e. The van der Waals surface area contributed by atoms with E-state index in [1.165, 1.54) is 80.3 Å². The van der Waals surface area contributed by atoms with Crippen LogP contribution in [0.1, 0.15) is 50.2 Å². The molecule has 1 aromatic carbocycles. The predicted molar refractivity (Wildman–Crippen MR) is 136 cm³/mol. The molecule has 0 atom stereocenters. The van der Waals surface area contributed by atoms with Gasteiger partial charge in [-0.1, -0.05) is 31.5 Å². The molecule has 2 aliphatic rings. The molecule has 2 aliphatic heterocycles. The van der Waals surface area contributed by atoms with Gasteiger partial charge in [-0.2, -0.15) is 0 Å². The molecule has 2 aromatic rings. The summed E-state index contributed by atoms with van der Waals surface area (Å²) < 4.78 is 0. The number of hydrogen-bond acceptors (Lipinski definition) is 3. The number of H-pyrrole nitrogens is 1. The average Bonchev–Trinajstić information content (AvgIpc) is 3.26. The Morgan fingerprint density at radius 1 is 1.06 bits per heavy atom. The van der Waals surface area contributed by atoms with Crippen molar-refractivity contribution in [2.24, 2.45) is 4.99 Å². The predicted octanol–water partition coefficient (Wildman–Crippen LogP) is 3.39. The van der Waals surface area contributed by atoms with Crippen LogP contribution in [-0.4, -0.2) is 79.6 Å². The molecule has 0 bridgehead atoms. The Bertz CT molecular complexity index is 887. The zero-order valence-electron chi connectivity index (χ0n) is 20.3. The second-order valence-electron chi connectivity index (χ2n) is 9.69. The highest BCUT2D eigenvalue weighted by atomic mass is 15.3. The Morgan fingerprint density at radius 3 is 2.56 bits per heavy atom. The fourth-order valence-electron chi connectivity index (χ4n) is 5.57. The van der Waals surface area contributed by atoms with Gasteiger partial charge in [-0.3, -0.25) is 9.89 Å². The van der Waals surface area contributed by atoms with E-state index in [0.717, 1.165) is 31.9 Å². The summed E-state index contributed by atoms with van der Waals surface area (Å²) in [4.78, 5) is 13.3. The highest BCUT2D eigenvalue weighted by Gasteiger charge is 2.39. The molecule has 2 fully saturated rings. The summed E-state index contributed by atoms with van der Waals surface area (Å²) in [6, 6.07) is 6.62. The summed E-state index contributed by atoms with van der Waals surface area (Å²) >= 11 is 0. The first kappa shape index (κ1) is 23.1. The Hall–Kier alpha value is -2.05. The van der Waals surface area contributed by atoms with Gasteiger partial charge in [0, 0.05) is 42.8 Å². The minimum atomic E-state index is 0.262. The summed E-state index contributed by atoms with van der Waals surface area (Å²) in [5.74, 6) is 0.925. The lowest BCUT2D eigenvalue weighted by Crippen LogP contribution is -2.62. The molecule has 6 heteroatoms. The van der Waals surface area contributed by atoms with E-state index < -0.39 is 0 Å². The van der Waals surface area contributed by atoms with Crippen molar-refractivity contribution in [3.05, 3.63) is 35.5 Å². The number of para-hydroxylation sites is 1. The summed E-state index contributed by atoms with van der Waals surface area (Å²) in [5.41, 5.74) is 4.31. The number of nitrogens with zero attached hydrogens (tertiary/aromatic N) is 3. The lowest BCUT2D eigenvalue weighted by Gasteiger charge is -2.50. The molecule has 3 heterocycles. The molecule has 0 aliphatic carbocycles. The molecule has 0 radical (unpaired) electrons. The van der Waals surface area contributed by atoms with Crippen LogP contribution in [-0.2, 0) is 12.8 Å². The van der Waals surface area contributed by atoms with Gasteiger partial charge in [0.25, 0.3) is 0 Å². The number of nitrogens with one attached hydrogen (secondary N) is 3. The van der Waals surface area contributed by atoms with Gasteiger partial charge in [-0.15, -0.1) is 0 Å². The van der Waals surface area contributed by atoms with Gasteiger partial charge in [0.1, 0.15) is 0 Å². The van der Waals surface area contributed by atoms with Gasteiger partial charge in [-0.25, -0.2) is 0 Å². The normalized spacial score (nSPS) is 20.5. The molecule has 0 amide bonds. The number of aryl methyl sites for hydroxylation is 1. The molecule has 1 aromatic heterocycles. The van der Waals surface area contributed by atoms with Crippen molar-refractivity contribution in [1.29, 1.82) is 0 Å². The first-order chi connectivity index (χ1) is 15.6. The first-order valence-corrected chi connectivity index (χ1v) is 12.6. The topological polar surface area (TPSA) is 58.7 Å². The fraction of sp³-hybridized carbons (Fsp3) is 0.654. The first-order valence-electron chi connectivity index (χ1n) is 12.6. The number of rotatable bonds is 7. The van der Waals surface area contributed by atoms with Gasteiger partial charge in [-0.05, 0) is 82.9 Å². The second kappa shape index (κ2) is 10.7. The molecular weight excluding hydrogens is 396 g/mol. The highest BCUT2D eigenvalue weighted by Crippen LogP contribution is 2.31. The van der Waals surface area contributed by atoms with Crippen LogP contribution in [0.3, 0.4) is 0 Å². The zero-order chi connectivity index (χ0) is 22.4. The van der Waals surface area contributed by atoms with Crippen LogP contribution in [0, 0.1) is 0 Å². The number of aromatic amines is 1.